The Morgan fingerprint density at radius 2 is 2.17 bits per heavy atom. The van der Waals surface area contributed by atoms with E-state index in [1.54, 1.807) is 6.08 Å². The van der Waals surface area contributed by atoms with Gasteiger partial charge in [0.1, 0.15) is 5.78 Å². The predicted octanol–water partition coefficient (Wildman–Crippen LogP) is 3.70. The van der Waals surface area contributed by atoms with Crippen molar-refractivity contribution in [3.8, 4) is 0 Å². The molecule has 0 saturated carbocycles. The molecular weight excluding hydrogens is 246 g/mol. The molecule has 0 aromatic heterocycles. The molecule has 0 spiro atoms. The van der Waals surface area contributed by atoms with Crippen molar-refractivity contribution in [3.63, 3.8) is 0 Å². The fraction of sp³-hybridized carbons (Fsp3) is 0.400. The van der Waals surface area contributed by atoms with Gasteiger partial charge < -0.3 is 4.90 Å². The van der Waals surface area contributed by atoms with Gasteiger partial charge in [-0.15, -0.1) is 6.58 Å². The summed E-state index contributed by atoms with van der Waals surface area (Å²) in [6, 6.07) is 7.90. The van der Waals surface area contributed by atoms with Gasteiger partial charge >= 0.3 is 0 Å². The molecule has 96 valence electrons. The first-order valence-corrected chi connectivity index (χ1v) is 6.70. The number of carbonyl (C=O) groups is 1. The molecule has 1 heterocycles. The third-order valence-corrected chi connectivity index (χ3v) is 3.62. The predicted molar refractivity (Wildman–Crippen MR) is 76.2 cm³/mol. The summed E-state index contributed by atoms with van der Waals surface area (Å²) >= 11 is 5.88. The van der Waals surface area contributed by atoms with Gasteiger partial charge in [-0.05, 0) is 36.6 Å². The quantitative estimate of drug-likeness (QED) is 0.755. The lowest BCUT2D eigenvalue weighted by Crippen LogP contribution is -2.20. The van der Waals surface area contributed by atoms with E-state index in [0.717, 1.165) is 24.5 Å². The first kappa shape index (κ1) is 13.2. The van der Waals surface area contributed by atoms with E-state index in [1.807, 2.05) is 24.3 Å². The molecule has 2 rings (SSSR count). The topological polar surface area (TPSA) is 20.3 Å². The van der Waals surface area contributed by atoms with Gasteiger partial charge in [-0.2, -0.15) is 0 Å². The maximum Gasteiger partial charge on any atom is 0.136 e. The molecule has 1 saturated heterocycles. The Morgan fingerprint density at radius 3 is 2.83 bits per heavy atom. The number of nitrogens with zero attached hydrogens (tertiary/aromatic N) is 1. The van der Waals surface area contributed by atoms with E-state index in [0.29, 0.717) is 24.5 Å². The SMILES string of the molecule is C=CCC(=O)CC1CCN(c2ccc(Cl)cc2)C1. The maximum atomic E-state index is 11.6. The Hall–Kier alpha value is -1.28. The zero-order chi connectivity index (χ0) is 13.0. The molecule has 1 aliphatic rings. The van der Waals surface area contributed by atoms with Gasteiger partial charge in [0.05, 0.1) is 0 Å². The van der Waals surface area contributed by atoms with Crippen molar-refractivity contribution in [3.05, 3.63) is 41.9 Å². The van der Waals surface area contributed by atoms with Crippen LogP contribution in [0, 0.1) is 5.92 Å². The van der Waals surface area contributed by atoms with Crippen molar-refractivity contribution in [2.75, 3.05) is 18.0 Å². The summed E-state index contributed by atoms with van der Waals surface area (Å²) in [7, 11) is 0. The van der Waals surface area contributed by atoms with Crippen molar-refractivity contribution in [1.82, 2.24) is 0 Å². The fourth-order valence-electron chi connectivity index (χ4n) is 2.45. The standard InChI is InChI=1S/C15H18ClNO/c1-2-3-15(18)10-12-8-9-17(11-12)14-6-4-13(16)5-7-14/h2,4-7,12H,1,3,8-11H2. The van der Waals surface area contributed by atoms with Crippen LogP contribution >= 0.6 is 11.6 Å². The number of rotatable bonds is 5. The summed E-state index contributed by atoms with van der Waals surface area (Å²) in [5.41, 5.74) is 1.19. The molecule has 1 unspecified atom stereocenters. The zero-order valence-electron chi connectivity index (χ0n) is 10.4. The summed E-state index contributed by atoms with van der Waals surface area (Å²) in [5.74, 6) is 0.779. The van der Waals surface area contributed by atoms with Gasteiger partial charge in [-0.3, -0.25) is 4.79 Å². The summed E-state index contributed by atoms with van der Waals surface area (Å²) in [6.07, 6.45) is 3.95. The van der Waals surface area contributed by atoms with Crippen molar-refractivity contribution < 1.29 is 4.79 Å². The van der Waals surface area contributed by atoms with E-state index in [9.17, 15) is 4.79 Å². The monoisotopic (exact) mass is 263 g/mol. The number of carbonyl (C=O) groups excluding carboxylic acids is 1. The van der Waals surface area contributed by atoms with E-state index in [1.165, 1.54) is 5.69 Å². The van der Waals surface area contributed by atoms with Crippen LogP contribution < -0.4 is 4.90 Å². The molecule has 0 radical (unpaired) electrons. The van der Waals surface area contributed by atoms with Crippen LogP contribution in [0.3, 0.4) is 0 Å². The maximum absolute atomic E-state index is 11.6. The lowest BCUT2D eigenvalue weighted by Gasteiger charge is -2.18. The summed E-state index contributed by atoms with van der Waals surface area (Å²) < 4.78 is 0. The first-order chi connectivity index (χ1) is 8.69. The molecule has 1 aliphatic heterocycles. The molecule has 18 heavy (non-hydrogen) atoms. The van der Waals surface area contributed by atoms with E-state index in [-0.39, 0.29) is 0 Å². The van der Waals surface area contributed by atoms with Crippen LogP contribution in [0.15, 0.2) is 36.9 Å². The highest BCUT2D eigenvalue weighted by molar-refractivity contribution is 6.30. The molecule has 1 atom stereocenters. The minimum absolute atomic E-state index is 0.299. The largest absolute Gasteiger partial charge is 0.371 e. The van der Waals surface area contributed by atoms with Gasteiger partial charge in [-0.25, -0.2) is 0 Å². The van der Waals surface area contributed by atoms with Crippen molar-refractivity contribution in [1.29, 1.82) is 0 Å². The normalized spacial score (nSPS) is 18.9. The molecule has 0 bridgehead atoms. The highest BCUT2D eigenvalue weighted by Gasteiger charge is 2.24. The molecular formula is C15H18ClNO. The van der Waals surface area contributed by atoms with E-state index in [2.05, 4.69) is 11.5 Å². The van der Waals surface area contributed by atoms with E-state index < -0.39 is 0 Å². The second-order valence-corrected chi connectivity index (χ2v) is 5.25. The number of ketones is 1. The molecule has 3 heteroatoms. The average Bonchev–Trinajstić information content (AvgIpc) is 2.78. The minimum Gasteiger partial charge on any atom is -0.371 e. The average molecular weight is 264 g/mol. The Morgan fingerprint density at radius 1 is 1.44 bits per heavy atom. The van der Waals surface area contributed by atoms with Crippen LogP contribution in [0.2, 0.25) is 5.02 Å². The van der Waals surface area contributed by atoms with Gasteiger partial charge in [0, 0.05) is 36.6 Å². The van der Waals surface area contributed by atoms with Crippen LogP contribution in [0.5, 0.6) is 0 Å². The molecule has 1 aromatic carbocycles. The molecule has 2 nitrogen and oxygen atoms in total. The Kier molecular flexibility index (Phi) is 4.43. The van der Waals surface area contributed by atoms with Gasteiger partial charge in [0.15, 0.2) is 0 Å². The van der Waals surface area contributed by atoms with Crippen molar-refractivity contribution in [2.24, 2.45) is 5.92 Å². The van der Waals surface area contributed by atoms with Crippen LogP contribution in [0.1, 0.15) is 19.3 Å². The zero-order valence-corrected chi connectivity index (χ0v) is 11.2. The third kappa shape index (κ3) is 3.36. The van der Waals surface area contributed by atoms with E-state index in [4.69, 9.17) is 11.6 Å². The van der Waals surface area contributed by atoms with Gasteiger partial charge in [-0.1, -0.05) is 17.7 Å². The molecule has 0 N–H and O–H groups in total. The number of allylic oxidation sites excluding steroid dienone is 1. The number of halogens is 1. The van der Waals surface area contributed by atoms with Crippen molar-refractivity contribution in [2.45, 2.75) is 19.3 Å². The Labute approximate surface area is 113 Å². The highest BCUT2D eigenvalue weighted by atomic mass is 35.5. The summed E-state index contributed by atoms with van der Waals surface area (Å²) in [5, 5.41) is 0.760. The second kappa shape index (κ2) is 6.05. The number of hydrogen-bond acceptors (Lipinski definition) is 2. The lowest BCUT2D eigenvalue weighted by atomic mass is 10.0. The Bertz CT molecular complexity index is 427. The number of benzene rings is 1. The number of anilines is 1. The molecule has 0 aliphatic carbocycles. The highest BCUT2D eigenvalue weighted by Crippen LogP contribution is 2.27. The molecule has 1 aromatic rings. The first-order valence-electron chi connectivity index (χ1n) is 6.32. The molecule has 1 fully saturated rings. The van der Waals surface area contributed by atoms with Gasteiger partial charge in [0.2, 0.25) is 0 Å². The fourth-order valence-corrected chi connectivity index (χ4v) is 2.58. The second-order valence-electron chi connectivity index (χ2n) is 4.81. The summed E-state index contributed by atoms with van der Waals surface area (Å²) in [4.78, 5) is 13.9. The number of hydrogen-bond donors (Lipinski definition) is 0. The van der Waals surface area contributed by atoms with E-state index >= 15 is 0 Å². The summed E-state index contributed by atoms with van der Waals surface area (Å²) in [6.45, 7) is 5.59. The van der Waals surface area contributed by atoms with Crippen molar-refractivity contribution >= 4 is 23.1 Å². The number of Topliss-reactive ketones (excluding diaryl/α,β-unsaturated/α-hetero) is 1. The van der Waals surface area contributed by atoms with Gasteiger partial charge in [0.25, 0.3) is 0 Å². The smallest absolute Gasteiger partial charge is 0.136 e. The Balaban J connectivity index is 1.90. The third-order valence-electron chi connectivity index (χ3n) is 3.37. The van der Waals surface area contributed by atoms with Crippen LogP contribution in [0.4, 0.5) is 5.69 Å². The lowest BCUT2D eigenvalue weighted by molar-refractivity contribution is -0.119. The van der Waals surface area contributed by atoms with Crippen LogP contribution in [-0.4, -0.2) is 18.9 Å². The van der Waals surface area contributed by atoms with Crippen LogP contribution in [0.25, 0.3) is 0 Å². The van der Waals surface area contributed by atoms with Crippen LogP contribution in [-0.2, 0) is 4.79 Å². The minimum atomic E-state index is 0.299. The molecule has 0 amide bonds.